The summed E-state index contributed by atoms with van der Waals surface area (Å²) >= 11 is 1.57. The fourth-order valence-corrected chi connectivity index (χ4v) is 4.17. The van der Waals surface area contributed by atoms with Crippen LogP contribution in [0.1, 0.15) is 33.8 Å². The number of benzene rings is 1. The molecule has 0 N–H and O–H groups in total. The molecule has 26 heavy (non-hydrogen) atoms. The van der Waals surface area contributed by atoms with Crippen molar-refractivity contribution in [2.24, 2.45) is 0 Å². The number of aromatic nitrogens is 2. The van der Waals surface area contributed by atoms with Crippen molar-refractivity contribution >= 4 is 27.5 Å². The van der Waals surface area contributed by atoms with Crippen molar-refractivity contribution in [1.82, 2.24) is 19.9 Å². The van der Waals surface area contributed by atoms with Crippen molar-refractivity contribution in [3.8, 4) is 0 Å². The maximum Gasteiger partial charge on any atom is 0.253 e. The second kappa shape index (κ2) is 7.17. The Morgan fingerprint density at radius 2 is 2.12 bits per heavy atom. The topological polar surface area (TPSA) is 62.5 Å². The molecular weight excluding hydrogens is 348 g/mol. The molecule has 2 aromatic heterocycles. The molecule has 0 atom stereocenters. The van der Waals surface area contributed by atoms with E-state index < -0.39 is 0 Å². The predicted molar refractivity (Wildman–Crippen MR) is 101 cm³/mol. The number of fused-ring (bicyclic) bond motifs is 1. The van der Waals surface area contributed by atoms with Crippen LogP contribution in [-0.2, 0) is 6.54 Å². The smallest absolute Gasteiger partial charge is 0.253 e. The van der Waals surface area contributed by atoms with Gasteiger partial charge in [0.05, 0.1) is 21.4 Å². The van der Waals surface area contributed by atoms with E-state index in [1.807, 2.05) is 42.5 Å². The van der Waals surface area contributed by atoms with Crippen molar-refractivity contribution in [2.75, 3.05) is 26.2 Å². The molecule has 6 nitrogen and oxygen atoms in total. The second-order valence-electron chi connectivity index (χ2n) is 6.76. The van der Waals surface area contributed by atoms with Crippen LogP contribution in [0.2, 0.25) is 0 Å². The van der Waals surface area contributed by atoms with Crippen LogP contribution in [0.15, 0.2) is 28.2 Å². The molecule has 1 fully saturated rings. The zero-order valence-corrected chi connectivity index (χ0v) is 15.9. The number of thiazole rings is 1. The summed E-state index contributed by atoms with van der Waals surface area (Å²) in [6, 6.07) is 5.78. The monoisotopic (exact) mass is 370 g/mol. The summed E-state index contributed by atoms with van der Waals surface area (Å²) in [5.74, 6) is 0.997. The number of amides is 1. The Balaban J connectivity index is 1.43. The van der Waals surface area contributed by atoms with Gasteiger partial charge in [-0.3, -0.25) is 9.69 Å². The van der Waals surface area contributed by atoms with E-state index in [9.17, 15) is 4.79 Å². The third-order valence-electron chi connectivity index (χ3n) is 5.02. The fourth-order valence-electron chi connectivity index (χ4n) is 3.45. The summed E-state index contributed by atoms with van der Waals surface area (Å²) < 4.78 is 6.33. The SMILES string of the molecule is Cc1noc(C)c1CN1CCCN(C(=O)c2ccc3ncsc3c2)CC1. The van der Waals surface area contributed by atoms with Crippen LogP contribution in [0.4, 0.5) is 0 Å². The Bertz CT molecular complexity index is 913. The van der Waals surface area contributed by atoms with Gasteiger partial charge in [-0.1, -0.05) is 5.16 Å². The van der Waals surface area contributed by atoms with Gasteiger partial charge in [0, 0.05) is 43.9 Å². The molecule has 0 radical (unpaired) electrons. The summed E-state index contributed by atoms with van der Waals surface area (Å²) in [6.45, 7) is 8.13. The van der Waals surface area contributed by atoms with Crippen molar-refractivity contribution in [3.05, 3.63) is 46.3 Å². The molecule has 4 rings (SSSR count). The maximum atomic E-state index is 12.9. The van der Waals surface area contributed by atoms with E-state index in [-0.39, 0.29) is 5.91 Å². The maximum absolute atomic E-state index is 12.9. The van der Waals surface area contributed by atoms with E-state index >= 15 is 0 Å². The molecule has 3 aromatic rings. The van der Waals surface area contributed by atoms with Crippen LogP contribution in [0.25, 0.3) is 10.2 Å². The highest BCUT2D eigenvalue weighted by atomic mass is 32.1. The van der Waals surface area contributed by atoms with Crippen LogP contribution in [0, 0.1) is 13.8 Å². The summed E-state index contributed by atoms with van der Waals surface area (Å²) in [4.78, 5) is 21.5. The van der Waals surface area contributed by atoms with Gasteiger partial charge in [-0.05, 0) is 38.5 Å². The normalized spacial score (nSPS) is 16.2. The van der Waals surface area contributed by atoms with Crippen molar-refractivity contribution in [3.63, 3.8) is 0 Å². The molecule has 1 amide bonds. The number of carbonyl (C=O) groups is 1. The Labute approximate surface area is 156 Å². The molecule has 7 heteroatoms. The van der Waals surface area contributed by atoms with E-state index in [4.69, 9.17) is 4.52 Å². The molecule has 0 aliphatic carbocycles. The van der Waals surface area contributed by atoms with Crippen molar-refractivity contribution in [1.29, 1.82) is 0 Å². The molecule has 0 unspecified atom stereocenters. The summed E-state index contributed by atoms with van der Waals surface area (Å²) in [7, 11) is 0. The van der Waals surface area contributed by atoms with Crippen LogP contribution in [0.5, 0.6) is 0 Å². The standard InChI is InChI=1S/C19H22N4O2S/c1-13-16(14(2)25-21-13)11-22-6-3-7-23(9-8-22)19(24)15-4-5-17-18(10-15)26-12-20-17/h4-5,10,12H,3,6-9,11H2,1-2H3. The third-order valence-corrected chi connectivity index (χ3v) is 5.81. The van der Waals surface area contributed by atoms with Crippen molar-refractivity contribution < 1.29 is 9.32 Å². The van der Waals surface area contributed by atoms with Crippen LogP contribution in [-0.4, -0.2) is 52.0 Å². The quantitative estimate of drug-likeness (QED) is 0.708. The van der Waals surface area contributed by atoms with Gasteiger partial charge >= 0.3 is 0 Å². The van der Waals surface area contributed by atoms with Gasteiger partial charge in [0.2, 0.25) is 0 Å². The number of aryl methyl sites for hydroxylation is 2. The molecule has 1 aliphatic heterocycles. The summed E-state index contributed by atoms with van der Waals surface area (Å²) in [5, 5.41) is 4.04. The first-order valence-electron chi connectivity index (χ1n) is 8.88. The molecule has 3 heterocycles. The van der Waals surface area contributed by atoms with E-state index in [0.717, 1.165) is 66.4 Å². The summed E-state index contributed by atoms with van der Waals surface area (Å²) in [5.41, 5.74) is 5.64. The van der Waals surface area contributed by atoms with Gasteiger partial charge in [-0.15, -0.1) is 11.3 Å². The van der Waals surface area contributed by atoms with Crippen LogP contribution < -0.4 is 0 Å². The molecule has 0 saturated carbocycles. The van der Waals surface area contributed by atoms with Gasteiger partial charge in [0.15, 0.2) is 0 Å². The first kappa shape index (κ1) is 17.2. The third kappa shape index (κ3) is 3.37. The van der Waals surface area contributed by atoms with Gasteiger partial charge in [-0.25, -0.2) is 4.98 Å². The highest BCUT2D eigenvalue weighted by molar-refractivity contribution is 7.16. The van der Waals surface area contributed by atoms with Gasteiger partial charge in [-0.2, -0.15) is 0 Å². The highest BCUT2D eigenvalue weighted by Gasteiger charge is 2.22. The molecule has 0 spiro atoms. The number of nitrogens with zero attached hydrogens (tertiary/aromatic N) is 4. The van der Waals surface area contributed by atoms with Gasteiger partial charge < -0.3 is 9.42 Å². The van der Waals surface area contributed by atoms with E-state index in [1.165, 1.54) is 5.56 Å². The largest absolute Gasteiger partial charge is 0.361 e. The Morgan fingerprint density at radius 3 is 2.92 bits per heavy atom. The van der Waals surface area contributed by atoms with Gasteiger partial charge in [0.25, 0.3) is 5.91 Å². The Morgan fingerprint density at radius 1 is 1.23 bits per heavy atom. The first-order valence-corrected chi connectivity index (χ1v) is 9.76. The Kier molecular flexibility index (Phi) is 4.74. The molecular formula is C19H22N4O2S. The zero-order chi connectivity index (χ0) is 18.1. The number of hydrogen-bond acceptors (Lipinski definition) is 6. The van der Waals surface area contributed by atoms with E-state index in [1.54, 1.807) is 11.3 Å². The van der Waals surface area contributed by atoms with E-state index in [0.29, 0.717) is 0 Å². The lowest BCUT2D eigenvalue weighted by Gasteiger charge is -2.22. The average molecular weight is 370 g/mol. The van der Waals surface area contributed by atoms with Crippen LogP contribution in [0.3, 0.4) is 0 Å². The lowest BCUT2D eigenvalue weighted by Crippen LogP contribution is -2.35. The molecule has 1 saturated heterocycles. The van der Waals surface area contributed by atoms with Crippen LogP contribution >= 0.6 is 11.3 Å². The van der Waals surface area contributed by atoms with Crippen molar-refractivity contribution in [2.45, 2.75) is 26.8 Å². The molecule has 136 valence electrons. The molecule has 1 aliphatic rings. The number of hydrogen-bond donors (Lipinski definition) is 0. The average Bonchev–Trinajstić information content (AvgIpc) is 3.15. The lowest BCUT2D eigenvalue weighted by molar-refractivity contribution is 0.0761. The predicted octanol–water partition coefficient (Wildman–Crippen LogP) is 3.25. The first-order chi connectivity index (χ1) is 12.6. The number of rotatable bonds is 3. The summed E-state index contributed by atoms with van der Waals surface area (Å²) in [6.07, 6.45) is 0.970. The fraction of sp³-hybridized carbons (Fsp3) is 0.421. The molecule has 0 bridgehead atoms. The minimum absolute atomic E-state index is 0.111. The minimum Gasteiger partial charge on any atom is -0.361 e. The minimum atomic E-state index is 0.111. The lowest BCUT2D eigenvalue weighted by atomic mass is 10.2. The Hall–Kier alpha value is -2.25. The van der Waals surface area contributed by atoms with Gasteiger partial charge in [0.1, 0.15) is 5.76 Å². The molecule has 1 aromatic carbocycles. The zero-order valence-electron chi connectivity index (χ0n) is 15.1. The number of carbonyl (C=O) groups excluding carboxylic acids is 1. The van der Waals surface area contributed by atoms with E-state index in [2.05, 4.69) is 15.0 Å². The highest BCUT2D eigenvalue weighted by Crippen LogP contribution is 2.21. The second-order valence-corrected chi connectivity index (χ2v) is 7.65.